The molecule has 1 aromatic carbocycles. The number of rotatable bonds is 3. The molecule has 18 heavy (non-hydrogen) atoms. The molecule has 0 aliphatic heterocycles. The molecule has 0 amide bonds. The Morgan fingerprint density at radius 1 is 1.44 bits per heavy atom. The van der Waals surface area contributed by atoms with Gasteiger partial charge in [0.15, 0.2) is 0 Å². The molecule has 0 spiro atoms. The van der Waals surface area contributed by atoms with Gasteiger partial charge in [-0.2, -0.15) is 9.98 Å². The lowest BCUT2D eigenvalue weighted by molar-refractivity contribution is 0.539. The van der Waals surface area contributed by atoms with Gasteiger partial charge in [-0.15, -0.1) is 6.42 Å². The molecule has 1 rings (SSSR count). The predicted molar refractivity (Wildman–Crippen MR) is 69.4 cm³/mol. The molecule has 94 valence electrons. The molecular weight excluding hydrogens is 272 g/mol. The van der Waals surface area contributed by atoms with Crippen LogP contribution in [0.4, 0.5) is 0 Å². The number of benzene rings is 1. The summed E-state index contributed by atoms with van der Waals surface area (Å²) in [5, 5.41) is 8.79. The van der Waals surface area contributed by atoms with Gasteiger partial charge >= 0.3 is 0 Å². The Bertz CT molecular complexity index is 652. The molecule has 1 N–H and O–H groups in total. The number of sulfonamides is 1. The fourth-order valence-electron chi connectivity index (χ4n) is 1.20. The highest BCUT2D eigenvalue weighted by Gasteiger charge is 2.26. The Morgan fingerprint density at radius 2 is 2.06 bits per heavy atom. The Kier molecular flexibility index (Phi) is 4.03. The third-order valence-corrected chi connectivity index (χ3v) is 4.24. The van der Waals surface area contributed by atoms with E-state index in [1.807, 2.05) is 6.07 Å². The molecule has 1 aromatic rings. The first-order valence-corrected chi connectivity index (χ1v) is 6.79. The summed E-state index contributed by atoms with van der Waals surface area (Å²) in [6, 6.07) is 5.85. The molecule has 0 aromatic heterocycles. The first-order valence-electron chi connectivity index (χ1n) is 4.93. The van der Waals surface area contributed by atoms with Crippen LogP contribution >= 0.6 is 11.6 Å². The molecule has 0 saturated carbocycles. The highest BCUT2D eigenvalue weighted by atomic mass is 35.5. The van der Waals surface area contributed by atoms with E-state index in [2.05, 4.69) is 10.6 Å². The highest BCUT2D eigenvalue weighted by Crippen LogP contribution is 2.23. The molecule has 0 bridgehead atoms. The lowest BCUT2D eigenvalue weighted by atomic mass is 10.1. The second kappa shape index (κ2) is 4.99. The molecule has 6 heteroatoms. The third kappa shape index (κ3) is 3.24. The molecule has 0 heterocycles. The molecule has 0 atom stereocenters. The van der Waals surface area contributed by atoms with Crippen LogP contribution in [0, 0.1) is 23.7 Å². The zero-order valence-corrected chi connectivity index (χ0v) is 11.4. The summed E-state index contributed by atoms with van der Waals surface area (Å²) in [6.45, 7) is 3.10. The second-order valence-corrected chi connectivity index (χ2v) is 6.19. The minimum atomic E-state index is -3.87. The minimum absolute atomic E-state index is 0.0364. The maximum atomic E-state index is 12.1. The average molecular weight is 283 g/mol. The highest BCUT2D eigenvalue weighted by molar-refractivity contribution is 7.89. The van der Waals surface area contributed by atoms with Crippen LogP contribution in [-0.2, 0) is 10.0 Å². The Balaban J connectivity index is 3.31. The van der Waals surface area contributed by atoms with Crippen LogP contribution in [0.15, 0.2) is 23.1 Å². The van der Waals surface area contributed by atoms with Crippen LogP contribution in [-0.4, -0.2) is 14.0 Å². The molecule has 0 fully saturated rings. The number of nitriles is 1. The molecule has 0 saturated heterocycles. The minimum Gasteiger partial charge on any atom is -0.207 e. The van der Waals surface area contributed by atoms with Crippen molar-refractivity contribution in [3.05, 3.63) is 28.8 Å². The summed E-state index contributed by atoms with van der Waals surface area (Å²) >= 11 is 5.83. The topological polar surface area (TPSA) is 70.0 Å². The van der Waals surface area contributed by atoms with E-state index in [1.54, 1.807) is 13.8 Å². The van der Waals surface area contributed by atoms with Gasteiger partial charge in [0.1, 0.15) is 4.90 Å². The SMILES string of the molecule is C#CC(C)(C)NS(=O)(=O)c1cc(C#N)ccc1Cl. The maximum absolute atomic E-state index is 12.1. The van der Waals surface area contributed by atoms with Crippen LogP contribution in [0.2, 0.25) is 5.02 Å². The number of hydrogen-bond donors (Lipinski definition) is 1. The van der Waals surface area contributed by atoms with E-state index >= 15 is 0 Å². The molecule has 0 aliphatic rings. The Labute approximate surface area is 112 Å². The standard InChI is InChI=1S/C12H11ClN2O2S/c1-4-12(2,3)15-18(16,17)11-7-9(8-14)5-6-10(11)13/h1,5-7,15H,2-3H3. The number of nitrogens with zero attached hydrogens (tertiary/aromatic N) is 1. The van der Waals surface area contributed by atoms with Crippen molar-refractivity contribution in [2.75, 3.05) is 0 Å². The van der Waals surface area contributed by atoms with Gasteiger partial charge in [0, 0.05) is 0 Å². The van der Waals surface area contributed by atoms with Gasteiger partial charge in [-0.05, 0) is 32.0 Å². The van der Waals surface area contributed by atoms with Crippen molar-refractivity contribution in [2.24, 2.45) is 0 Å². The fraction of sp³-hybridized carbons (Fsp3) is 0.250. The molecule has 0 aliphatic carbocycles. The lowest BCUT2D eigenvalue weighted by Gasteiger charge is -2.19. The summed E-state index contributed by atoms with van der Waals surface area (Å²) in [7, 11) is -3.87. The maximum Gasteiger partial charge on any atom is 0.243 e. The van der Waals surface area contributed by atoms with Gasteiger partial charge in [0.05, 0.1) is 22.2 Å². The Hall–Kier alpha value is -1.53. The van der Waals surface area contributed by atoms with E-state index in [0.717, 1.165) is 0 Å². The van der Waals surface area contributed by atoms with Gasteiger partial charge in [-0.1, -0.05) is 17.5 Å². The zero-order chi connectivity index (χ0) is 14.0. The van der Waals surface area contributed by atoms with E-state index < -0.39 is 15.6 Å². The summed E-state index contributed by atoms with van der Waals surface area (Å²) < 4.78 is 26.5. The normalized spacial score (nSPS) is 11.6. The van der Waals surface area contributed by atoms with E-state index in [0.29, 0.717) is 0 Å². The van der Waals surface area contributed by atoms with Gasteiger partial charge in [-0.3, -0.25) is 0 Å². The van der Waals surface area contributed by atoms with Gasteiger partial charge in [0.25, 0.3) is 0 Å². The van der Waals surface area contributed by atoms with Crippen molar-refractivity contribution >= 4 is 21.6 Å². The van der Waals surface area contributed by atoms with E-state index in [4.69, 9.17) is 23.3 Å². The van der Waals surface area contributed by atoms with Crippen LogP contribution in [0.25, 0.3) is 0 Å². The van der Waals surface area contributed by atoms with Crippen LogP contribution < -0.4 is 4.72 Å². The largest absolute Gasteiger partial charge is 0.243 e. The number of halogens is 1. The fourth-order valence-corrected chi connectivity index (χ4v) is 3.07. The van der Waals surface area contributed by atoms with E-state index in [-0.39, 0.29) is 15.5 Å². The summed E-state index contributed by atoms with van der Waals surface area (Å²) in [4.78, 5) is -0.161. The van der Waals surface area contributed by atoms with Gasteiger partial charge < -0.3 is 0 Å². The molecule has 4 nitrogen and oxygen atoms in total. The predicted octanol–water partition coefficient (Wildman–Crippen LogP) is 1.90. The van der Waals surface area contributed by atoms with Crippen LogP contribution in [0.5, 0.6) is 0 Å². The lowest BCUT2D eigenvalue weighted by Crippen LogP contribution is -2.42. The summed E-state index contributed by atoms with van der Waals surface area (Å²) in [5.41, 5.74) is -0.830. The van der Waals surface area contributed by atoms with Crippen molar-refractivity contribution in [3.63, 3.8) is 0 Å². The Morgan fingerprint density at radius 3 is 2.56 bits per heavy atom. The first kappa shape index (κ1) is 14.5. The smallest absolute Gasteiger partial charge is 0.207 e. The monoisotopic (exact) mass is 282 g/mol. The third-order valence-electron chi connectivity index (χ3n) is 2.10. The average Bonchev–Trinajstić information content (AvgIpc) is 2.28. The van der Waals surface area contributed by atoms with Crippen molar-refractivity contribution in [3.8, 4) is 18.4 Å². The van der Waals surface area contributed by atoms with Crippen LogP contribution in [0.3, 0.4) is 0 Å². The van der Waals surface area contributed by atoms with Crippen molar-refractivity contribution in [2.45, 2.75) is 24.3 Å². The van der Waals surface area contributed by atoms with Crippen molar-refractivity contribution in [1.29, 1.82) is 5.26 Å². The van der Waals surface area contributed by atoms with Crippen molar-refractivity contribution < 1.29 is 8.42 Å². The number of terminal acetylenes is 1. The number of nitrogens with one attached hydrogen (secondary N) is 1. The van der Waals surface area contributed by atoms with Gasteiger partial charge in [0.2, 0.25) is 10.0 Å². The molecular formula is C12H11ClN2O2S. The quantitative estimate of drug-likeness (QED) is 0.861. The first-order chi connectivity index (χ1) is 8.22. The van der Waals surface area contributed by atoms with Crippen molar-refractivity contribution in [1.82, 2.24) is 4.72 Å². The summed E-state index contributed by atoms with van der Waals surface area (Å²) in [5.74, 6) is 2.32. The molecule has 0 radical (unpaired) electrons. The summed E-state index contributed by atoms with van der Waals surface area (Å²) in [6.07, 6.45) is 5.22. The van der Waals surface area contributed by atoms with Gasteiger partial charge in [-0.25, -0.2) is 8.42 Å². The number of hydrogen-bond acceptors (Lipinski definition) is 3. The van der Waals surface area contributed by atoms with E-state index in [9.17, 15) is 8.42 Å². The second-order valence-electron chi connectivity index (χ2n) is 4.13. The van der Waals surface area contributed by atoms with Crippen LogP contribution in [0.1, 0.15) is 19.4 Å². The zero-order valence-electron chi connectivity index (χ0n) is 9.86. The van der Waals surface area contributed by atoms with E-state index in [1.165, 1.54) is 18.2 Å². The molecule has 0 unspecified atom stereocenters.